The Morgan fingerprint density at radius 3 is 2.75 bits per heavy atom. The van der Waals surface area contributed by atoms with E-state index < -0.39 is 28.0 Å². The van der Waals surface area contributed by atoms with Gasteiger partial charge in [0.05, 0.1) is 23.2 Å². The summed E-state index contributed by atoms with van der Waals surface area (Å²) in [5, 5.41) is 22.5. The third kappa shape index (κ3) is 3.89. The minimum atomic E-state index is -1.49. The van der Waals surface area contributed by atoms with E-state index in [9.17, 15) is 19.3 Å². The number of ether oxygens (including phenoxy) is 1. The highest BCUT2D eigenvalue weighted by molar-refractivity contribution is 5.90. The van der Waals surface area contributed by atoms with Crippen molar-refractivity contribution < 1.29 is 24.0 Å². The summed E-state index contributed by atoms with van der Waals surface area (Å²) in [6.07, 6.45) is 0. The van der Waals surface area contributed by atoms with Crippen molar-refractivity contribution in [2.24, 2.45) is 0 Å². The number of hydrogen-bond donors (Lipinski definition) is 2. The van der Waals surface area contributed by atoms with Crippen molar-refractivity contribution in [1.29, 1.82) is 0 Å². The molecular formula is C12H15FN2O5. The summed E-state index contributed by atoms with van der Waals surface area (Å²) in [5.41, 5.74) is -1.20. The van der Waals surface area contributed by atoms with E-state index in [4.69, 9.17) is 9.84 Å². The summed E-state index contributed by atoms with van der Waals surface area (Å²) in [5.74, 6) is -2.63. The third-order valence-electron chi connectivity index (χ3n) is 2.49. The lowest BCUT2D eigenvalue weighted by molar-refractivity contribution is -0.384. The highest BCUT2D eigenvalue weighted by Gasteiger charge is 2.22. The fourth-order valence-corrected chi connectivity index (χ4v) is 1.60. The summed E-state index contributed by atoms with van der Waals surface area (Å²) >= 11 is 0. The fourth-order valence-electron chi connectivity index (χ4n) is 1.60. The Labute approximate surface area is 114 Å². The minimum absolute atomic E-state index is 0.0546. The van der Waals surface area contributed by atoms with Crippen molar-refractivity contribution in [3.05, 3.63) is 33.6 Å². The van der Waals surface area contributed by atoms with Crippen LogP contribution < -0.4 is 5.32 Å². The molecule has 2 N–H and O–H groups in total. The van der Waals surface area contributed by atoms with Gasteiger partial charge in [-0.3, -0.25) is 10.1 Å². The lowest BCUT2D eigenvalue weighted by atomic mass is 10.1. The van der Waals surface area contributed by atoms with Crippen LogP contribution in [0.1, 0.15) is 24.2 Å². The molecule has 1 aromatic carbocycles. The molecule has 0 amide bonds. The van der Waals surface area contributed by atoms with Gasteiger partial charge in [0.1, 0.15) is 11.5 Å². The topological polar surface area (TPSA) is 102 Å². The van der Waals surface area contributed by atoms with Crippen LogP contribution in [-0.2, 0) is 4.74 Å². The van der Waals surface area contributed by atoms with Crippen molar-refractivity contribution in [3.8, 4) is 0 Å². The monoisotopic (exact) mass is 286 g/mol. The predicted octanol–water partition coefficient (Wildman–Crippen LogP) is 2.27. The first-order valence-electron chi connectivity index (χ1n) is 5.92. The Hall–Kier alpha value is -2.22. The molecule has 0 saturated heterocycles. The van der Waals surface area contributed by atoms with E-state index in [1.807, 2.05) is 0 Å². The van der Waals surface area contributed by atoms with Gasteiger partial charge in [0.25, 0.3) is 5.69 Å². The minimum Gasteiger partial charge on any atom is -0.478 e. The number of benzene rings is 1. The smallest absolute Gasteiger partial charge is 0.338 e. The van der Waals surface area contributed by atoms with Gasteiger partial charge >= 0.3 is 5.97 Å². The van der Waals surface area contributed by atoms with Gasteiger partial charge in [0.2, 0.25) is 0 Å². The zero-order chi connectivity index (χ0) is 15.3. The molecule has 20 heavy (non-hydrogen) atoms. The summed E-state index contributed by atoms with van der Waals surface area (Å²) in [7, 11) is 0. The van der Waals surface area contributed by atoms with E-state index >= 15 is 0 Å². The molecule has 0 aliphatic rings. The first-order chi connectivity index (χ1) is 9.36. The van der Waals surface area contributed by atoms with E-state index in [1.54, 1.807) is 13.8 Å². The van der Waals surface area contributed by atoms with Crippen LogP contribution in [0.15, 0.2) is 12.1 Å². The number of anilines is 1. The SMILES string of the molecule is CCOCC(C)Nc1cc(C(=O)O)c(F)cc1[N+](=O)[O-]. The van der Waals surface area contributed by atoms with Crippen molar-refractivity contribution in [3.63, 3.8) is 0 Å². The second kappa shape index (κ2) is 6.80. The first-order valence-corrected chi connectivity index (χ1v) is 5.92. The maximum Gasteiger partial charge on any atom is 0.338 e. The second-order valence-corrected chi connectivity index (χ2v) is 4.12. The van der Waals surface area contributed by atoms with Crippen LogP contribution in [-0.4, -0.2) is 35.3 Å². The number of carboxylic acids is 1. The summed E-state index contributed by atoms with van der Waals surface area (Å²) in [6.45, 7) is 4.28. The lowest BCUT2D eigenvalue weighted by Gasteiger charge is -2.15. The van der Waals surface area contributed by atoms with Crippen LogP contribution in [0.3, 0.4) is 0 Å². The van der Waals surface area contributed by atoms with Gasteiger partial charge in [-0.15, -0.1) is 0 Å². The zero-order valence-corrected chi connectivity index (χ0v) is 11.1. The Bertz CT molecular complexity index is 521. The molecule has 0 saturated carbocycles. The van der Waals surface area contributed by atoms with Crippen LogP contribution >= 0.6 is 0 Å². The molecule has 110 valence electrons. The molecule has 0 bridgehead atoms. The van der Waals surface area contributed by atoms with E-state index in [0.29, 0.717) is 12.7 Å². The summed E-state index contributed by atoms with van der Waals surface area (Å²) < 4.78 is 18.6. The average molecular weight is 286 g/mol. The third-order valence-corrected chi connectivity index (χ3v) is 2.49. The van der Waals surface area contributed by atoms with Crippen LogP contribution in [0.5, 0.6) is 0 Å². The predicted molar refractivity (Wildman–Crippen MR) is 69.6 cm³/mol. The number of halogens is 1. The first kappa shape index (κ1) is 15.8. The molecule has 1 aromatic rings. The van der Waals surface area contributed by atoms with Crippen LogP contribution in [0, 0.1) is 15.9 Å². The van der Waals surface area contributed by atoms with E-state index in [0.717, 1.165) is 6.07 Å². The average Bonchev–Trinajstić information content (AvgIpc) is 2.37. The van der Waals surface area contributed by atoms with Gasteiger partial charge in [-0.1, -0.05) is 0 Å². The van der Waals surface area contributed by atoms with Crippen LogP contribution in [0.25, 0.3) is 0 Å². The van der Waals surface area contributed by atoms with Crippen molar-refractivity contribution >= 4 is 17.3 Å². The van der Waals surface area contributed by atoms with Gasteiger partial charge in [-0.2, -0.15) is 0 Å². The van der Waals surface area contributed by atoms with Gasteiger partial charge in [-0.05, 0) is 19.9 Å². The number of nitrogens with zero attached hydrogens (tertiary/aromatic N) is 1. The summed E-state index contributed by atoms with van der Waals surface area (Å²) in [4.78, 5) is 20.9. The van der Waals surface area contributed by atoms with Gasteiger partial charge in [-0.25, -0.2) is 9.18 Å². The molecule has 7 nitrogen and oxygen atoms in total. The standard InChI is InChI=1S/C12H15FN2O5/c1-3-20-6-7(2)14-10-4-8(12(16)17)9(13)5-11(10)15(18)19/h4-5,7,14H,3,6H2,1-2H3,(H,16,17). The Morgan fingerprint density at radius 2 is 2.25 bits per heavy atom. The number of carboxylic acid groups (broad SMARTS) is 1. The maximum absolute atomic E-state index is 13.4. The molecule has 1 atom stereocenters. The van der Waals surface area contributed by atoms with Gasteiger partial charge in [0, 0.05) is 12.6 Å². The number of nitro groups is 1. The molecule has 1 rings (SSSR count). The van der Waals surface area contributed by atoms with Crippen molar-refractivity contribution in [2.75, 3.05) is 18.5 Å². The molecule has 0 aliphatic heterocycles. The lowest BCUT2D eigenvalue weighted by Crippen LogP contribution is -2.22. The largest absolute Gasteiger partial charge is 0.478 e. The molecule has 0 radical (unpaired) electrons. The maximum atomic E-state index is 13.4. The van der Waals surface area contributed by atoms with E-state index in [1.165, 1.54) is 0 Å². The van der Waals surface area contributed by atoms with Crippen LogP contribution in [0.2, 0.25) is 0 Å². The van der Waals surface area contributed by atoms with Gasteiger partial charge < -0.3 is 15.2 Å². The molecule has 0 spiro atoms. The molecule has 0 aromatic heterocycles. The zero-order valence-electron chi connectivity index (χ0n) is 11.1. The van der Waals surface area contributed by atoms with Gasteiger partial charge in [0.15, 0.2) is 0 Å². The van der Waals surface area contributed by atoms with E-state index in [2.05, 4.69) is 5.32 Å². The summed E-state index contributed by atoms with van der Waals surface area (Å²) in [6, 6.07) is 1.22. The number of carbonyl (C=O) groups is 1. The Kier molecular flexibility index (Phi) is 5.39. The number of nitrogens with one attached hydrogen (secondary N) is 1. The molecule has 0 aliphatic carbocycles. The number of nitro benzene ring substituents is 1. The fraction of sp³-hybridized carbons (Fsp3) is 0.417. The molecular weight excluding hydrogens is 271 g/mol. The number of rotatable bonds is 7. The molecule has 0 fully saturated rings. The van der Waals surface area contributed by atoms with Crippen LogP contribution in [0.4, 0.5) is 15.8 Å². The molecule has 8 heteroatoms. The van der Waals surface area contributed by atoms with E-state index in [-0.39, 0.29) is 18.3 Å². The second-order valence-electron chi connectivity index (χ2n) is 4.12. The highest BCUT2D eigenvalue weighted by Crippen LogP contribution is 2.28. The van der Waals surface area contributed by atoms with Crippen molar-refractivity contribution in [2.45, 2.75) is 19.9 Å². The number of hydrogen-bond acceptors (Lipinski definition) is 5. The number of aromatic carboxylic acids is 1. The normalized spacial score (nSPS) is 11.9. The highest BCUT2D eigenvalue weighted by atomic mass is 19.1. The molecule has 0 heterocycles. The van der Waals surface area contributed by atoms with Crippen molar-refractivity contribution in [1.82, 2.24) is 0 Å². The molecule has 1 unspecified atom stereocenters. The quantitative estimate of drug-likeness (QED) is 0.589. The Balaban J connectivity index is 3.11. The Morgan fingerprint density at radius 1 is 1.60 bits per heavy atom.